The fourth-order valence-electron chi connectivity index (χ4n) is 3.33. The topological polar surface area (TPSA) is 103 Å². The van der Waals surface area contributed by atoms with E-state index < -0.39 is 10.0 Å². The highest BCUT2D eigenvalue weighted by Gasteiger charge is 2.30. The Morgan fingerprint density at radius 3 is 2.42 bits per heavy atom. The molecule has 3 rings (SSSR count). The number of piperazine rings is 1. The molecule has 0 aliphatic carbocycles. The number of nitrogens with one attached hydrogen (secondary N) is 1. The lowest BCUT2D eigenvalue weighted by Crippen LogP contribution is -2.51. The second kappa shape index (κ2) is 10.4. The van der Waals surface area contributed by atoms with Gasteiger partial charge in [-0.3, -0.25) is 9.78 Å². The Hall–Kier alpha value is -2.98. The molecule has 2 heterocycles. The van der Waals surface area contributed by atoms with Crippen LogP contribution in [0.4, 0.5) is 4.79 Å². The van der Waals surface area contributed by atoms with Crippen molar-refractivity contribution < 1.29 is 18.0 Å². The number of amides is 3. The Morgan fingerprint density at radius 1 is 1.06 bits per heavy atom. The highest BCUT2D eigenvalue weighted by Crippen LogP contribution is 2.16. The maximum Gasteiger partial charge on any atom is 0.317 e. The molecule has 0 radical (unpaired) electrons. The van der Waals surface area contributed by atoms with Crippen molar-refractivity contribution in [1.82, 2.24) is 24.4 Å². The van der Waals surface area contributed by atoms with Crippen LogP contribution in [0, 0.1) is 0 Å². The Bertz CT molecular complexity index is 977. The fourth-order valence-corrected chi connectivity index (χ4v) is 4.71. The molecule has 1 aromatic carbocycles. The predicted octanol–water partition coefficient (Wildman–Crippen LogP) is 1.15. The fraction of sp³-hybridized carbons (Fsp3) is 0.381. The molecule has 2 aromatic rings. The minimum absolute atomic E-state index is 0.107. The van der Waals surface area contributed by atoms with Crippen molar-refractivity contribution in [2.75, 3.05) is 39.8 Å². The van der Waals surface area contributed by atoms with E-state index in [2.05, 4.69) is 10.3 Å². The monoisotopic (exact) mass is 445 g/mol. The van der Waals surface area contributed by atoms with Crippen LogP contribution in [0.5, 0.6) is 0 Å². The first-order valence-corrected chi connectivity index (χ1v) is 11.5. The third kappa shape index (κ3) is 6.02. The Kier molecular flexibility index (Phi) is 7.59. The van der Waals surface area contributed by atoms with Crippen LogP contribution >= 0.6 is 0 Å². The van der Waals surface area contributed by atoms with Crippen LogP contribution in [-0.2, 0) is 21.4 Å². The molecule has 10 heteroatoms. The number of nitrogens with zero attached hydrogens (tertiary/aromatic N) is 4. The van der Waals surface area contributed by atoms with Crippen LogP contribution in [0.1, 0.15) is 12.0 Å². The lowest BCUT2D eigenvalue weighted by Gasteiger charge is -2.34. The molecule has 0 bridgehead atoms. The zero-order chi connectivity index (χ0) is 22.3. The molecule has 166 valence electrons. The van der Waals surface area contributed by atoms with Crippen molar-refractivity contribution in [3.05, 3.63) is 60.4 Å². The van der Waals surface area contributed by atoms with Crippen molar-refractivity contribution in [1.29, 1.82) is 0 Å². The number of urea groups is 1. The number of carbonyl (C=O) groups is 2. The zero-order valence-electron chi connectivity index (χ0n) is 17.5. The van der Waals surface area contributed by atoms with Gasteiger partial charge in [-0.15, -0.1) is 0 Å². The molecule has 1 fully saturated rings. The number of rotatable bonds is 7. The van der Waals surface area contributed by atoms with Crippen molar-refractivity contribution in [2.45, 2.75) is 17.9 Å². The first-order valence-electron chi connectivity index (χ1n) is 10.1. The molecule has 0 unspecified atom stereocenters. The van der Waals surface area contributed by atoms with Crippen molar-refractivity contribution >= 4 is 22.0 Å². The van der Waals surface area contributed by atoms with E-state index in [9.17, 15) is 18.0 Å². The summed E-state index contributed by atoms with van der Waals surface area (Å²) >= 11 is 0. The summed E-state index contributed by atoms with van der Waals surface area (Å²) in [5.41, 5.74) is 1.02. The molecule has 1 aromatic heterocycles. The van der Waals surface area contributed by atoms with Gasteiger partial charge >= 0.3 is 6.03 Å². The summed E-state index contributed by atoms with van der Waals surface area (Å²) in [6, 6.07) is 12.5. The van der Waals surface area contributed by atoms with Gasteiger partial charge in [0.25, 0.3) is 0 Å². The molecular weight excluding hydrogens is 418 g/mol. The quantitative estimate of drug-likeness (QED) is 0.689. The predicted molar refractivity (Wildman–Crippen MR) is 116 cm³/mol. The first-order chi connectivity index (χ1) is 14.9. The number of sulfonamides is 1. The summed E-state index contributed by atoms with van der Waals surface area (Å²) in [4.78, 5) is 31.9. The van der Waals surface area contributed by atoms with Crippen LogP contribution < -0.4 is 5.32 Å². The molecule has 1 N–H and O–H groups in total. The van der Waals surface area contributed by atoms with Crippen LogP contribution in [-0.4, -0.2) is 79.2 Å². The number of benzene rings is 1. The van der Waals surface area contributed by atoms with E-state index in [4.69, 9.17) is 0 Å². The maximum absolute atomic E-state index is 12.6. The van der Waals surface area contributed by atoms with Gasteiger partial charge in [-0.1, -0.05) is 30.3 Å². The summed E-state index contributed by atoms with van der Waals surface area (Å²) in [6.07, 6.45) is 3.01. The lowest BCUT2D eigenvalue weighted by atomic mass is 10.2. The molecule has 0 spiro atoms. The molecule has 1 aliphatic heterocycles. The number of carbonyl (C=O) groups excluding carboxylic acids is 2. The normalized spacial score (nSPS) is 14.8. The van der Waals surface area contributed by atoms with Crippen molar-refractivity contribution in [2.24, 2.45) is 0 Å². The van der Waals surface area contributed by atoms with Gasteiger partial charge in [0.1, 0.15) is 4.90 Å². The molecule has 9 nitrogen and oxygen atoms in total. The Morgan fingerprint density at radius 2 is 1.77 bits per heavy atom. The SMILES string of the molecule is CN(Cc1ccccc1)C(=O)NCCC(=O)N1CCN(S(=O)(=O)c2cccnc2)CC1. The number of hydrogen-bond acceptors (Lipinski definition) is 5. The number of hydrogen-bond donors (Lipinski definition) is 1. The smallest absolute Gasteiger partial charge is 0.317 e. The van der Waals surface area contributed by atoms with Gasteiger partial charge in [0.2, 0.25) is 15.9 Å². The van der Waals surface area contributed by atoms with Gasteiger partial charge in [-0.2, -0.15) is 4.31 Å². The standard InChI is InChI=1S/C21H27N5O4S/c1-24(17-18-6-3-2-4-7-18)21(28)23-11-9-20(27)25-12-14-26(15-13-25)31(29,30)19-8-5-10-22-16-19/h2-8,10,16H,9,11-15,17H2,1H3,(H,23,28). The Labute approximate surface area is 182 Å². The molecule has 31 heavy (non-hydrogen) atoms. The van der Waals surface area contributed by atoms with E-state index in [1.165, 1.54) is 22.8 Å². The highest BCUT2D eigenvalue weighted by molar-refractivity contribution is 7.89. The molecule has 1 saturated heterocycles. The molecule has 1 aliphatic rings. The summed E-state index contributed by atoms with van der Waals surface area (Å²) in [5.74, 6) is -0.107. The van der Waals surface area contributed by atoms with Crippen LogP contribution in [0.15, 0.2) is 59.8 Å². The first kappa shape index (κ1) is 22.7. The van der Waals surface area contributed by atoms with E-state index in [0.717, 1.165) is 5.56 Å². The molecule has 3 amide bonds. The van der Waals surface area contributed by atoms with Crippen LogP contribution in [0.25, 0.3) is 0 Å². The van der Waals surface area contributed by atoms with Crippen LogP contribution in [0.3, 0.4) is 0 Å². The second-order valence-electron chi connectivity index (χ2n) is 7.30. The maximum atomic E-state index is 12.6. The van der Waals surface area contributed by atoms with Crippen LogP contribution in [0.2, 0.25) is 0 Å². The van der Waals surface area contributed by atoms with E-state index in [1.807, 2.05) is 30.3 Å². The lowest BCUT2D eigenvalue weighted by molar-refractivity contribution is -0.132. The van der Waals surface area contributed by atoms with E-state index in [1.54, 1.807) is 22.9 Å². The third-order valence-corrected chi connectivity index (χ3v) is 6.97. The molecule has 0 atom stereocenters. The summed E-state index contributed by atoms with van der Waals surface area (Å²) in [7, 11) is -1.90. The summed E-state index contributed by atoms with van der Waals surface area (Å²) < 4.78 is 26.6. The van der Waals surface area contributed by atoms with E-state index in [0.29, 0.717) is 19.6 Å². The van der Waals surface area contributed by atoms with E-state index in [-0.39, 0.29) is 42.9 Å². The largest absolute Gasteiger partial charge is 0.340 e. The van der Waals surface area contributed by atoms with Gasteiger partial charge in [0, 0.05) is 65.1 Å². The second-order valence-corrected chi connectivity index (χ2v) is 9.24. The minimum atomic E-state index is -3.60. The third-order valence-electron chi connectivity index (χ3n) is 5.09. The zero-order valence-corrected chi connectivity index (χ0v) is 18.3. The van der Waals surface area contributed by atoms with Gasteiger partial charge in [0.15, 0.2) is 0 Å². The number of aromatic nitrogens is 1. The summed E-state index contributed by atoms with van der Waals surface area (Å²) in [6.45, 7) is 1.81. The molecular formula is C21H27N5O4S. The minimum Gasteiger partial charge on any atom is -0.340 e. The molecule has 0 saturated carbocycles. The highest BCUT2D eigenvalue weighted by atomic mass is 32.2. The van der Waals surface area contributed by atoms with Crippen molar-refractivity contribution in [3.63, 3.8) is 0 Å². The average Bonchev–Trinajstić information content (AvgIpc) is 2.80. The number of pyridine rings is 1. The Balaban J connectivity index is 1.40. The van der Waals surface area contributed by atoms with Gasteiger partial charge < -0.3 is 15.1 Å². The van der Waals surface area contributed by atoms with Crippen molar-refractivity contribution in [3.8, 4) is 0 Å². The van der Waals surface area contributed by atoms with Gasteiger partial charge in [-0.05, 0) is 17.7 Å². The van der Waals surface area contributed by atoms with E-state index >= 15 is 0 Å². The average molecular weight is 446 g/mol. The summed E-state index contributed by atoms with van der Waals surface area (Å²) in [5, 5.41) is 2.75. The van der Waals surface area contributed by atoms with Gasteiger partial charge in [0.05, 0.1) is 0 Å². The van der Waals surface area contributed by atoms with Gasteiger partial charge in [-0.25, -0.2) is 13.2 Å².